The molecule has 1 saturated heterocycles. The summed E-state index contributed by atoms with van der Waals surface area (Å²) in [5.74, 6) is -0.321. The zero-order valence-corrected chi connectivity index (χ0v) is 17.8. The zero-order chi connectivity index (χ0) is 21.4. The number of rotatable bonds is 4. The normalized spacial score (nSPS) is 15.2. The summed E-state index contributed by atoms with van der Waals surface area (Å²) in [4.78, 5) is 26.5. The molecule has 2 heterocycles. The molecule has 3 amide bonds. The van der Waals surface area contributed by atoms with Crippen LogP contribution in [0, 0.1) is 20.8 Å². The lowest BCUT2D eigenvalue weighted by molar-refractivity contribution is -0.123. The Balaban J connectivity index is 1.62. The number of carbonyl (C=O) groups excluding carboxylic acids is 2. The number of hydrogen-bond acceptors (Lipinski definition) is 2. The van der Waals surface area contributed by atoms with Crippen molar-refractivity contribution >= 4 is 29.6 Å². The van der Waals surface area contributed by atoms with E-state index in [0.29, 0.717) is 5.02 Å². The van der Waals surface area contributed by atoms with Crippen molar-refractivity contribution in [1.82, 2.24) is 14.8 Å². The van der Waals surface area contributed by atoms with Crippen molar-refractivity contribution in [1.29, 1.82) is 0 Å². The molecule has 0 saturated carbocycles. The lowest BCUT2D eigenvalue weighted by atomic mass is 10.1. The molecule has 2 aromatic carbocycles. The maximum atomic E-state index is 12.9. The van der Waals surface area contributed by atoms with Crippen molar-refractivity contribution in [3.05, 3.63) is 93.4 Å². The molecular weight excluding hydrogens is 398 g/mol. The van der Waals surface area contributed by atoms with Crippen LogP contribution in [-0.4, -0.2) is 21.4 Å². The quantitative estimate of drug-likeness (QED) is 0.469. The van der Waals surface area contributed by atoms with Gasteiger partial charge in [0.25, 0.3) is 5.91 Å². The standard InChI is InChI=1S/C24H22ClN3O2/c1-15-5-4-6-18(11-15)14-27-23(29)22(26-24(27)30)13-19-12-16(2)28(17(19)3)21-9-7-20(25)8-10-21/h4-13H,14H2,1-3H3,(H,26,30)/b22-13-. The highest BCUT2D eigenvalue weighted by atomic mass is 35.5. The molecule has 1 fully saturated rings. The van der Waals surface area contributed by atoms with E-state index in [4.69, 9.17) is 11.6 Å². The predicted octanol–water partition coefficient (Wildman–Crippen LogP) is 5.15. The zero-order valence-electron chi connectivity index (χ0n) is 17.1. The average molecular weight is 420 g/mol. The Kier molecular flexibility index (Phi) is 5.22. The van der Waals surface area contributed by atoms with Crippen LogP contribution in [0.2, 0.25) is 5.02 Å². The number of hydrogen-bond donors (Lipinski definition) is 1. The summed E-state index contributed by atoms with van der Waals surface area (Å²) >= 11 is 6.01. The molecule has 152 valence electrons. The molecule has 1 N–H and O–H groups in total. The average Bonchev–Trinajstić information content (AvgIpc) is 3.13. The van der Waals surface area contributed by atoms with Crippen LogP contribution in [0.15, 0.2) is 60.3 Å². The van der Waals surface area contributed by atoms with Crippen LogP contribution in [0.3, 0.4) is 0 Å². The molecule has 30 heavy (non-hydrogen) atoms. The van der Waals surface area contributed by atoms with Crippen LogP contribution in [-0.2, 0) is 11.3 Å². The topological polar surface area (TPSA) is 54.3 Å². The van der Waals surface area contributed by atoms with E-state index in [1.807, 2.05) is 75.4 Å². The van der Waals surface area contributed by atoms with Gasteiger partial charge in [-0.25, -0.2) is 4.79 Å². The Labute approximate surface area is 180 Å². The van der Waals surface area contributed by atoms with Gasteiger partial charge >= 0.3 is 6.03 Å². The lowest BCUT2D eigenvalue weighted by Crippen LogP contribution is -2.30. The number of nitrogens with zero attached hydrogens (tertiary/aromatic N) is 2. The maximum absolute atomic E-state index is 12.9. The Bertz CT molecular complexity index is 1180. The third-order valence-electron chi connectivity index (χ3n) is 5.24. The molecule has 0 bridgehead atoms. The summed E-state index contributed by atoms with van der Waals surface area (Å²) in [5, 5.41) is 3.39. The fourth-order valence-corrected chi connectivity index (χ4v) is 3.91. The van der Waals surface area contributed by atoms with E-state index in [-0.39, 0.29) is 18.1 Å². The predicted molar refractivity (Wildman–Crippen MR) is 118 cm³/mol. The Morgan fingerprint density at radius 2 is 1.73 bits per heavy atom. The molecule has 0 unspecified atom stereocenters. The van der Waals surface area contributed by atoms with E-state index in [0.717, 1.165) is 33.8 Å². The highest BCUT2D eigenvalue weighted by Gasteiger charge is 2.33. The molecule has 6 heteroatoms. The van der Waals surface area contributed by atoms with Crippen molar-refractivity contribution in [2.24, 2.45) is 0 Å². The smallest absolute Gasteiger partial charge is 0.318 e. The number of amides is 3. The first-order chi connectivity index (χ1) is 14.3. The van der Waals surface area contributed by atoms with Gasteiger partial charge in [0.2, 0.25) is 0 Å². The number of nitrogens with one attached hydrogen (secondary N) is 1. The second-order valence-corrected chi connectivity index (χ2v) is 7.94. The van der Waals surface area contributed by atoms with Crippen LogP contribution in [0.4, 0.5) is 4.79 Å². The van der Waals surface area contributed by atoms with E-state index in [9.17, 15) is 9.59 Å². The van der Waals surface area contributed by atoms with Gasteiger partial charge in [0.15, 0.2) is 0 Å². The second kappa shape index (κ2) is 7.84. The third kappa shape index (κ3) is 3.76. The van der Waals surface area contributed by atoms with Gasteiger partial charge in [0.1, 0.15) is 5.70 Å². The number of halogens is 1. The van der Waals surface area contributed by atoms with Crippen LogP contribution in [0.5, 0.6) is 0 Å². The minimum atomic E-state index is -0.403. The monoisotopic (exact) mass is 419 g/mol. The van der Waals surface area contributed by atoms with E-state index in [1.165, 1.54) is 4.90 Å². The summed E-state index contributed by atoms with van der Waals surface area (Å²) in [7, 11) is 0. The van der Waals surface area contributed by atoms with Crippen LogP contribution in [0.25, 0.3) is 11.8 Å². The third-order valence-corrected chi connectivity index (χ3v) is 5.49. The fourth-order valence-electron chi connectivity index (χ4n) is 3.79. The van der Waals surface area contributed by atoms with Crippen LogP contribution in [0.1, 0.15) is 28.1 Å². The highest BCUT2D eigenvalue weighted by Crippen LogP contribution is 2.25. The van der Waals surface area contributed by atoms with Gasteiger partial charge in [-0.3, -0.25) is 9.69 Å². The van der Waals surface area contributed by atoms with E-state index < -0.39 is 6.03 Å². The molecule has 4 rings (SSSR count). The van der Waals surface area contributed by atoms with Gasteiger partial charge in [0, 0.05) is 22.1 Å². The summed E-state index contributed by atoms with van der Waals surface area (Å²) in [6.45, 7) is 6.22. The first-order valence-corrected chi connectivity index (χ1v) is 10.1. The summed E-state index contributed by atoms with van der Waals surface area (Å²) < 4.78 is 2.09. The molecule has 0 spiro atoms. The molecule has 0 radical (unpaired) electrons. The van der Waals surface area contributed by atoms with Crippen LogP contribution < -0.4 is 5.32 Å². The van der Waals surface area contributed by atoms with Gasteiger partial charge in [-0.05, 0) is 68.3 Å². The van der Waals surface area contributed by atoms with Gasteiger partial charge in [0.05, 0.1) is 6.54 Å². The maximum Gasteiger partial charge on any atom is 0.329 e. The second-order valence-electron chi connectivity index (χ2n) is 7.51. The van der Waals surface area contributed by atoms with Gasteiger partial charge in [-0.2, -0.15) is 0 Å². The largest absolute Gasteiger partial charge is 0.329 e. The van der Waals surface area contributed by atoms with Crippen molar-refractivity contribution < 1.29 is 9.59 Å². The first-order valence-electron chi connectivity index (χ1n) is 9.68. The molecule has 0 atom stereocenters. The van der Waals surface area contributed by atoms with E-state index in [2.05, 4.69) is 9.88 Å². The molecule has 3 aromatic rings. The Morgan fingerprint density at radius 1 is 1.00 bits per heavy atom. The fraction of sp³-hybridized carbons (Fsp3) is 0.167. The summed E-state index contributed by atoms with van der Waals surface area (Å²) in [6.07, 6.45) is 1.74. The molecular formula is C24H22ClN3O2. The Morgan fingerprint density at radius 3 is 2.43 bits per heavy atom. The van der Waals surface area contributed by atoms with Crippen molar-refractivity contribution in [2.45, 2.75) is 27.3 Å². The number of imide groups is 1. The number of aryl methyl sites for hydroxylation is 2. The lowest BCUT2D eigenvalue weighted by Gasteiger charge is -2.12. The minimum Gasteiger partial charge on any atom is -0.318 e. The van der Waals surface area contributed by atoms with Crippen molar-refractivity contribution in [2.75, 3.05) is 0 Å². The first kappa shape index (κ1) is 20.0. The SMILES string of the molecule is Cc1cccc(CN2C(=O)N/C(=C\c3cc(C)n(-c4ccc(Cl)cc4)c3C)C2=O)c1. The van der Waals surface area contributed by atoms with Crippen molar-refractivity contribution in [3.8, 4) is 5.69 Å². The number of carbonyl (C=O) groups is 2. The molecule has 1 aliphatic heterocycles. The number of benzene rings is 2. The summed E-state index contributed by atoms with van der Waals surface area (Å²) in [5.41, 5.74) is 6.15. The molecule has 5 nitrogen and oxygen atoms in total. The molecule has 0 aliphatic carbocycles. The highest BCUT2D eigenvalue weighted by molar-refractivity contribution is 6.30. The summed E-state index contributed by atoms with van der Waals surface area (Å²) in [6, 6.07) is 17.0. The van der Waals surface area contributed by atoms with Crippen molar-refractivity contribution in [3.63, 3.8) is 0 Å². The van der Waals surface area contributed by atoms with E-state index in [1.54, 1.807) is 6.08 Å². The van der Waals surface area contributed by atoms with E-state index >= 15 is 0 Å². The number of urea groups is 1. The Hall–Kier alpha value is -3.31. The van der Waals surface area contributed by atoms with Crippen LogP contribution >= 0.6 is 11.6 Å². The molecule has 1 aliphatic rings. The van der Waals surface area contributed by atoms with Gasteiger partial charge in [-0.15, -0.1) is 0 Å². The van der Waals surface area contributed by atoms with Gasteiger partial charge in [-0.1, -0.05) is 41.4 Å². The minimum absolute atomic E-state index is 0.244. The molecule has 1 aromatic heterocycles. The number of aromatic nitrogens is 1. The van der Waals surface area contributed by atoms with Gasteiger partial charge < -0.3 is 9.88 Å².